The van der Waals surface area contributed by atoms with E-state index in [0.717, 1.165) is 24.0 Å². The smallest absolute Gasteiger partial charge is 0.257 e. The van der Waals surface area contributed by atoms with Crippen molar-refractivity contribution in [2.75, 3.05) is 13.1 Å². The number of halogens is 2. The molecule has 0 aliphatic carbocycles. The largest absolute Gasteiger partial charge is 0.339 e. The van der Waals surface area contributed by atoms with E-state index in [1.165, 1.54) is 18.3 Å². The molecule has 0 spiro atoms. The Hall–Kier alpha value is -2.81. The molecular formula is C24H23ClFN3O3S. The normalized spacial score (nSPS) is 14.9. The first-order chi connectivity index (χ1) is 15.7. The second-order valence-corrected chi connectivity index (χ2v) is 9.95. The summed E-state index contributed by atoms with van der Waals surface area (Å²) in [6.45, 7) is 1.03. The average molecular weight is 488 g/mol. The van der Waals surface area contributed by atoms with E-state index in [1.807, 2.05) is 30.3 Å². The van der Waals surface area contributed by atoms with Gasteiger partial charge in [0.1, 0.15) is 5.82 Å². The number of carbonyl (C=O) groups is 1. The number of nitrogens with two attached hydrogens (primary N) is 1. The van der Waals surface area contributed by atoms with Gasteiger partial charge in [-0.2, -0.15) is 0 Å². The van der Waals surface area contributed by atoms with E-state index in [9.17, 15) is 17.6 Å². The van der Waals surface area contributed by atoms with Gasteiger partial charge in [0, 0.05) is 19.3 Å². The summed E-state index contributed by atoms with van der Waals surface area (Å²) >= 11 is 6.42. The van der Waals surface area contributed by atoms with Gasteiger partial charge in [0.15, 0.2) is 5.03 Å². The highest BCUT2D eigenvalue weighted by Gasteiger charge is 2.29. The first kappa shape index (κ1) is 23.4. The molecular weight excluding hydrogens is 465 g/mol. The Morgan fingerprint density at radius 2 is 1.73 bits per heavy atom. The number of sulfonamides is 1. The van der Waals surface area contributed by atoms with Crippen molar-refractivity contribution >= 4 is 27.5 Å². The van der Waals surface area contributed by atoms with Crippen molar-refractivity contribution < 1.29 is 17.6 Å². The predicted molar refractivity (Wildman–Crippen MR) is 124 cm³/mol. The molecule has 1 amide bonds. The van der Waals surface area contributed by atoms with Gasteiger partial charge in [-0.3, -0.25) is 4.79 Å². The first-order valence-corrected chi connectivity index (χ1v) is 12.5. The van der Waals surface area contributed by atoms with Crippen LogP contribution in [0.2, 0.25) is 5.02 Å². The number of benzene rings is 2. The summed E-state index contributed by atoms with van der Waals surface area (Å²) in [5.41, 5.74) is 2.56. The zero-order valence-corrected chi connectivity index (χ0v) is 19.3. The average Bonchev–Trinajstić information content (AvgIpc) is 2.80. The minimum absolute atomic E-state index is 0.131. The number of likely N-dealkylation sites (tertiary alicyclic amines) is 1. The summed E-state index contributed by atoms with van der Waals surface area (Å²) < 4.78 is 37.1. The lowest BCUT2D eigenvalue weighted by Gasteiger charge is -2.32. The van der Waals surface area contributed by atoms with Crippen LogP contribution in [0, 0.1) is 5.82 Å². The van der Waals surface area contributed by atoms with Gasteiger partial charge in [-0.05, 0) is 54.0 Å². The molecule has 9 heteroatoms. The SMILES string of the molecule is NS(=O)(=O)c1ncc(C(=O)N2CCC(c3ccc(F)cc3)CC2)c(Cc2ccccc2)c1Cl. The number of carbonyl (C=O) groups excluding carboxylic acids is 1. The van der Waals surface area contributed by atoms with Crippen LogP contribution in [0.25, 0.3) is 0 Å². The molecule has 2 heterocycles. The molecule has 1 saturated heterocycles. The second kappa shape index (κ2) is 9.59. The molecule has 0 atom stereocenters. The lowest BCUT2D eigenvalue weighted by molar-refractivity contribution is 0.0711. The van der Waals surface area contributed by atoms with E-state index < -0.39 is 15.0 Å². The van der Waals surface area contributed by atoms with Crippen LogP contribution in [-0.4, -0.2) is 37.3 Å². The molecule has 1 fully saturated rings. The van der Waals surface area contributed by atoms with Crippen molar-refractivity contribution in [3.8, 4) is 0 Å². The molecule has 3 aromatic rings. The summed E-state index contributed by atoms with van der Waals surface area (Å²) in [4.78, 5) is 19.0. The van der Waals surface area contributed by atoms with Gasteiger partial charge in [0.25, 0.3) is 15.9 Å². The quantitative estimate of drug-likeness (QED) is 0.585. The lowest BCUT2D eigenvalue weighted by Crippen LogP contribution is -2.38. The van der Waals surface area contributed by atoms with E-state index in [4.69, 9.17) is 16.7 Å². The minimum Gasteiger partial charge on any atom is -0.339 e. The van der Waals surface area contributed by atoms with Gasteiger partial charge in [-0.15, -0.1) is 0 Å². The molecule has 0 bridgehead atoms. The number of amides is 1. The van der Waals surface area contributed by atoms with E-state index >= 15 is 0 Å². The van der Waals surface area contributed by atoms with Crippen molar-refractivity contribution in [2.24, 2.45) is 5.14 Å². The summed E-state index contributed by atoms with van der Waals surface area (Å²) in [6.07, 6.45) is 2.99. The molecule has 2 N–H and O–H groups in total. The summed E-state index contributed by atoms with van der Waals surface area (Å²) in [6, 6.07) is 15.8. The zero-order valence-electron chi connectivity index (χ0n) is 17.7. The number of primary sulfonamides is 1. The zero-order chi connectivity index (χ0) is 23.6. The van der Waals surface area contributed by atoms with Gasteiger partial charge in [-0.25, -0.2) is 22.9 Å². The van der Waals surface area contributed by atoms with Crippen molar-refractivity contribution in [3.63, 3.8) is 0 Å². The van der Waals surface area contributed by atoms with Crippen LogP contribution in [0.3, 0.4) is 0 Å². The Bertz CT molecular complexity index is 1260. The third-order valence-electron chi connectivity index (χ3n) is 5.94. The number of hydrogen-bond donors (Lipinski definition) is 1. The Morgan fingerprint density at radius 3 is 2.33 bits per heavy atom. The molecule has 6 nitrogen and oxygen atoms in total. The number of rotatable bonds is 5. The number of hydrogen-bond acceptors (Lipinski definition) is 4. The van der Waals surface area contributed by atoms with Gasteiger partial charge in [-0.1, -0.05) is 54.1 Å². The summed E-state index contributed by atoms with van der Waals surface area (Å²) in [5.74, 6) is -0.289. The fraction of sp³-hybridized carbons (Fsp3) is 0.250. The highest BCUT2D eigenvalue weighted by molar-refractivity contribution is 7.89. The number of pyridine rings is 1. The van der Waals surface area contributed by atoms with Crippen LogP contribution in [0.1, 0.15) is 45.8 Å². The Labute approximate surface area is 197 Å². The molecule has 4 rings (SSSR count). The molecule has 33 heavy (non-hydrogen) atoms. The molecule has 2 aromatic carbocycles. The first-order valence-electron chi connectivity index (χ1n) is 10.5. The Balaban J connectivity index is 1.60. The molecule has 1 aliphatic heterocycles. The van der Waals surface area contributed by atoms with E-state index in [-0.39, 0.29) is 34.6 Å². The Kier molecular flexibility index (Phi) is 6.78. The second-order valence-electron chi connectivity index (χ2n) is 8.09. The van der Waals surface area contributed by atoms with Gasteiger partial charge >= 0.3 is 0 Å². The highest BCUT2D eigenvalue weighted by Crippen LogP contribution is 2.32. The van der Waals surface area contributed by atoms with Crippen molar-refractivity contribution in [1.82, 2.24) is 9.88 Å². The topological polar surface area (TPSA) is 93.4 Å². The van der Waals surface area contributed by atoms with Crippen LogP contribution in [-0.2, 0) is 16.4 Å². The van der Waals surface area contributed by atoms with Crippen molar-refractivity contribution in [1.29, 1.82) is 0 Å². The van der Waals surface area contributed by atoms with Gasteiger partial charge in [0.05, 0.1) is 10.6 Å². The highest BCUT2D eigenvalue weighted by atomic mass is 35.5. The van der Waals surface area contributed by atoms with Crippen LogP contribution in [0.15, 0.2) is 65.8 Å². The minimum atomic E-state index is -4.15. The summed E-state index contributed by atoms with van der Waals surface area (Å²) in [7, 11) is -4.15. The maximum absolute atomic E-state index is 13.4. The maximum atomic E-state index is 13.4. The molecule has 1 aliphatic rings. The van der Waals surface area contributed by atoms with E-state index in [0.29, 0.717) is 18.7 Å². The maximum Gasteiger partial charge on any atom is 0.257 e. The van der Waals surface area contributed by atoms with Crippen LogP contribution >= 0.6 is 11.6 Å². The van der Waals surface area contributed by atoms with Crippen LogP contribution < -0.4 is 5.14 Å². The fourth-order valence-electron chi connectivity index (χ4n) is 4.18. The van der Waals surface area contributed by atoms with Crippen molar-refractivity contribution in [3.05, 3.63) is 93.9 Å². The number of piperidine rings is 1. The van der Waals surface area contributed by atoms with E-state index in [1.54, 1.807) is 17.0 Å². The lowest BCUT2D eigenvalue weighted by atomic mass is 9.89. The molecule has 0 unspecified atom stereocenters. The van der Waals surface area contributed by atoms with Crippen molar-refractivity contribution in [2.45, 2.75) is 30.2 Å². The fourth-order valence-corrected chi connectivity index (χ4v) is 5.29. The number of nitrogens with zero attached hydrogens (tertiary/aromatic N) is 2. The molecule has 0 saturated carbocycles. The van der Waals surface area contributed by atoms with E-state index in [2.05, 4.69) is 4.98 Å². The predicted octanol–water partition coefficient (Wildman–Crippen LogP) is 4.13. The van der Waals surface area contributed by atoms with Crippen LogP contribution in [0.5, 0.6) is 0 Å². The molecule has 0 radical (unpaired) electrons. The third kappa shape index (κ3) is 5.24. The van der Waals surface area contributed by atoms with Crippen LogP contribution in [0.4, 0.5) is 4.39 Å². The Morgan fingerprint density at radius 1 is 1.09 bits per heavy atom. The molecule has 172 valence electrons. The third-order valence-corrected chi connectivity index (χ3v) is 7.30. The van der Waals surface area contributed by atoms with Gasteiger partial charge in [0.2, 0.25) is 0 Å². The molecule has 1 aromatic heterocycles. The van der Waals surface area contributed by atoms with Gasteiger partial charge < -0.3 is 4.90 Å². The summed E-state index contributed by atoms with van der Waals surface area (Å²) in [5, 5.41) is 4.70. The monoisotopic (exact) mass is 487 g/mol. The number of aromatic nitrogens is 1. The standard InChI is InChI=1S/C24H23ClFN3O3S/c25-22-20(14-16-4-2-1-3-5-16)21(15-28-23(22)33(27,31)32)24(30)29-12-10-18(11-13-29)17-6-8-19(26)9-7-17/h1-9,15,18H,10-14H2,(H2,27,31,32).